The minimum Gasteiger partial charge on any atom is -0.383 e. The zero-order chi connectivity index (χ0) is 22.9. The lowest BCUT2D eigenvalue weighted by Crippen LogP contribution is -2.50. The maximum Gasteiger partial charge on any atom is 0.270 e. The van der Waals surface area contributed by atoms with Gasteiger partial charge in [-0.15, -0.1) is 0 Å². The maximum absolute atomic E-state index is 13.6. The molecule has 1 fully saturated rings. The van der Waals surface area contributed by atoms with E-state index >= 15 is 0 Å². The summed E-state index contributed by atoms with van der Waals surface area (Å²) >= 11 is 0. The molecule has 0 radical (unpaired) electrons. The van der Waals surface area contributed by atoms with E-state index in [0.717, 1.165) is 40.7 Å². The zero-order valence-electron chi connectivity index (χ0n) is 18.8. The standard InChI is InChI=1S/C26H27N5O2/c1-16-10-22-23(30-25(16)27)13-24(29-22)26(32)31(20-11-21(12-20)33-2)15-19-9-8-18(14-28-19)17-6-4-3-5-7-17/h3-10,13-14,20-21,29H,11-12,15H2,1-2H3,(H2,27,30). The van der Waals surface area contributed by atoms with Crippen LogP contribution in [0, 0.1) is 6.92 Å². The summed E-state index contributed by atoms with van der Waals surface area (Å²) in [6, 6.07) is 18.0. The van der Waals surface area contributed by atoms with Gasteiger partial charge in [-0.25, -0.2) is 4.98 Å². The molecule has 0 unspecified atom stereocenters. The molecule has 168 valence electrons. The highest BCUT2D eigenvalue weighted by Gasteiger charge is 2.37. The first-order valence-electron chi connectivity index (χ1n) is 11.1. The van der Waals surface area contributed by atoms with E-state index in [1.54, 1.807) is 13.2 Å². The number of pyridine rings is 2. The SMILES string of the molecule is COC1CC(N(Cc2ccc(-c3ccccc3)cn2)C(=O)c2cc3nc(N)c(C)cc3[nH]2)C1. The number of rotatable bonds is 6. The second kappa shape index (κ2) is 8.67. The fraction of sp³-hybridized carbons (Fsp3) is 0.269. The van der Waals surface area contributed by atoms with E-state index in [-0.39, 0.29) is 18.1 Å². The van der Waals surface area contributed by atoms with E-state index < -0.39 is 0 Å². The molecule has 0 bridgehead atoms. The molecule has 0 atom stereocenters. The van der Waals surface area contributed by atoms with Crippen molar-refractivity contribution in [3.8, 4) is 11.1 Å². The summed E-state index contributed by atoms with van der Waals surface area (Å²) in [6.45, 7) is 2.33. The molecule has 1 aliphatic rings. The summed E-state index contributed by atoms with van der Waals surface area (Å²) in [5, 5.41) is 0. The van der Waals surface area contributed by atoms with Gasteiger partial charge in [-0.05, 0) is 49.1 Å². The van der Waals surface area contributed by atoms with E-state index in [0.29, 0.717) is 23.6 Å². The quantitative estimate of drug-likeness (QED) is 0.464. The summed E-state index contributed by atoms with van der Waals surface area (Å²) in [6.07, 6.45) is 3.68. The van der Waals surface area contributed by atoms with Crippen molar-refractivity contribution in [1.29, 1.82) is 0 Å². The van der Waals surface area contributed by atoms with Crippen LogP contribution in [0.2, 0.25) is 0 Å². The summed E-state index contributed by atoms with van der Waals surface area (Å²) < 4.78 is 5.46. The molecule has 0 spiro atoms. The molecule has 1 amide bonds. The summed E-state index contributed by atoms with van der Waals surface area (Å²) in [5.74, 6) is 0.403. The Kier molecular flexibility index (Phi) is 5.56. The van der Waals surface area contributed by atoms with Gasteiger partial charge in [-0.3, -0.25) is 9.78 Å². The number of nitrogens with two attached hydrogens (primary N) is 1. The first-order chi connectivity index (χ1) is 16.0. The predicted molar refractivity (Wildman–Crippen MR) is 129 cm³/mol. The average molecular weight is 442 g/mol. The van der Waals surface area contributed by atoms with Gasteiger partial charge in [0.15, 0.2) is 0 Å². The molecule has 7 heteroatoms. The van der Waals surface area contributed by atoms with Gasteiger partial charge in [0.25, 0.3) is 5.91 Å². The number of aromatic nitrogens is 3. The largest absolute Gasteiger partial charge is 0.383 e. The van der Waals surface area contributed by atoms with E-state index in [2.05, 4.69) is 33.2 Å². The van der Waals surface area contributed by atoms with Crippen LogP contribution in [0.4, 0.5) is 5.82 Å². The van der Waals surface area contributed by atoms with Crippen molar-refractivity contribution in [2.24, 2.45) is 0 Å². The second-order valence-corrected chi connectivity index (χ2v) is 8.63. The second-order valence-electron chi connectivity index (χ2n) is 8.63. The highest BCUT2D eigenvalue weighted by atomic mass is 16.5. The van der Waals surface area contributed by atoms with Crippen LogP contribution in [-0.2, 0) is 11.3 Å². The molecule has 5 rings (SSSR count). The lowest BCUT2D eigenvalue weighted by Gasteiger charge is -2.42. The molecule has 3 N–H and O–H groups in total. The average Bonchev–Trinajstić information content (AvgIpc) is 3.21. The van der Waals surface area contributed by atoms with E-state index in [1.807, 2.05) is 48.4 Å². The summed E-state index contributed by atoms with van der Waals surface area (Å²) in [5.41, 5.74) is 11.8. The van der Waals surface area contributed by atoms with Gasteiger partial charge >= 0.3 is 0 Å². The number of nitrogens with zero attached hydrogens (tertiary/aromatic N) is 3. The Morgan fingerprint density at radius 2 is 1.94 bits per heavy atom. The van der Waals surface area contributed by atoms with Crippen molar-refractivity contribution in [1.82, 2.24) is 19.9 Å². The Bertz CT molecular complexity index is 1240. The number of fused-ring (bicyclic) bond motifs is 1. The van der Waals surface area contributed by atoms with Crippen molar-refractivity contribution in [2.75, 3.05) is 12.8 Å². The van der Waals surface area contributed by atoms with Gasteiger partial charge in [0, 0.05) is 24.9 Å². The normalized spacial score (nSPS) is 17.6. The van der Waals surface area contributed by atoms with Gasteiger partial charge in [-0.2, -0.15) is 0 Å². The number of benzene rings is 1. The number of aromatic amines is 1. The Morgan fingerprint density at radius 3 is 2.64 bits per heavy atom. The molecule has 4 aromatic rings. The first kappa shape index (κ1) is 21.2. The summed E-state index contributed by atoms with van der Waals surface area (Å²) in [4.78, 5) is 27.8. The number of nitrogens with one attached hydrogen (secondary N) is 1. The lowest BCUT2D eigenvalue weighted by atomic mass is 9.87. The Balaban J connectivity index is 1.41. The predicted octanol–water partition coefficient (Wildman–Crippen LogP) is 4.34. The van der Waals surface area contributed by atoms with E-state index in [1.165, 1.54) is 0 Å². The number of hydrogen-bond donors (Lipinski definition) is 2. The molecule has 7 nitrogen and oxygen atoms in total. The van der Waals surface area contributed by atoms with Gasteiger partial charge in [0.2, 0.25) is 0 Å². The molecule has 0 saturated heterocycles. The fourth-order valence-corrected chi connectivity index (χ4v) is 4.29. The van der Waals surface area contributed by atoms with Gasteiger partial charge in [0.1, 0.15) is 11.5 Å². The van der Waals surface area contributed by atoms with Crippen molar-refractivity contribution in [3.63, 3.8) is 0 Å². The highest BCUT2D eigenvalue weighted by Crippen LogP contribution is 2.31. The van der Waals surface area contributed by atoms with Gasteiger partial charge < -0.3 is 20.4 Å². The number of nitrogen functional groups attached to an aromatic ring is 1. The third-order valence-electron chi connectivity index (χ3n) is 6.43. The first-order valence-corrected chi connectivity index (χ1v) is 11.1. The molecule has 1 saturated carbocycles. The monoisotopic (exact) mass is 441 g/mol. The summed E-state index contributed by atoms with van der Waals surface area (Å²) in [7, 11) is 1.72. The number of aryl methyl sites for hydroxylation is 1. The van der Waals surface area contributed by atoms with Crippen LogP contribution >= 0.6 is 0 Å². The number of hydrogen-bond acceptors (Lipinski definition) is 5. The van der Waals surface area contributed by atoms with Crippen molar-refractivity contribution in [2.45, 2.75) is 38.5 Å². The smallest absolute Gasteiger partial charge is 0.270 e. The number of amides is 1. The Hall–Kier alpha value is -3.71. The van der Waals surface area contributed by atoms with Crippen LogP contribution in [0.1, 0.15) is 34.6 Å². The molecule has 3 heterocycles. The number of methoxy groups -OCH3 is 1. The van der Waals surface area contributed by atoms with Crippen molar-refractivity contribution < 1.29 is 9.53 Å². The zero-order valence-corrected chi connectivity index (χ0v) is 18.8. The molecular formula is C26H27N5O2. The molecule has 33 heavy (non-hydrogen) atoms. The third-order valence-corrected chi connectivity index (χ3v) is 6.43. The van der Waals surface area contributed by atoms with Crippen LogP contribution in [-0.4, -0.2) is 45.0 Å². The highest BCUT2D eigenvalue weighted by molar-refractivity contribution is 5.97. The number of ether oxygens (including phenoxy) is 1. The molecule has 0 aliphatic heterocycles. The van der Waals surface area contributed by atoms with Gasteiger partial charge in [-0.1, -0.05) is 36.4 Å². The van der Waals surface area contributed by atoms with Crippen molar-refractivity contribution in [3.05, 3.63) is 77.7 Å². The molecule has 3 aromatic heterocycles. The van der Waals surface area contributed by atoms with Crippen LogP contribution in [0.3, 0.4) is 0 Å². The fourth-order valence-electron chi connectivity index (χ4n) is 4.29. The third kappa shape index (κ3) is 4.19. The molecule has 1 aromatic carbocycles. The van der Waals surface area contributed by atoms with Crippen LogP contribution in [0.5, 0.6) is 0 Å². The topological polar surface area (TPSA) is 97.1 Å². The maximum atomic E-state index is 13.6. The molecular weight excluding hydrogens is 414 g/mol. The number of carbonyl (C=O) groups is 1. The Labute approximate surface area is 192 Å². The number of carbonyl (C=O) groups excluding carboxylic acids is 1. The van der Waals surface area contributed by atoms with Crippen LogP contribution < -0.4 is 5.73 Å². The minimum absolute atomic E-state index is 0.0716. The minimum atomic E-state index is -0.0716. The molecule has 1 aliphatic carbocycles. The Morgan fingerprint density at radius 1 is 1.15 bits per heavy atom. The van der Waals surface area contributed by atoms with E-state index in [9.17, 15) is 4.79 Å². The number of anilines is 1. The lowest BCUT2D eigenvalue weighted by molar-refractivity contribution is -0.0233. The van der Waals surface area contributed by atoms with Crippen molar-refractivity contribution >= 4 is 22.8 Å². The van der Waals surface area contributed by atoms with E-state index in [4.69, 9.17) is 10.5 Å². The van der Waals surface area contributed by atoms with Gasteiger partial charge in [0.05, 0.1) is 29.4 Å². The van der Waals surface area contributed by atoms with Crippen LogP contribution in [0.25, 0.3) is 22.2 Å². The number of H-pyrrole nitrogens is 1. The van der Waals surface area contributed by atoms with Crippen LogP contribution in [0.15, 0.2) is 60.8 Å².